The zero-order valence-electron chi connectivity index (χ0n) is 28.0. The van der Waals surface area contributed by atoms with Gasteiger partial charge in [0.1, 0.15) is 6.10 Å². The van der Waals surface area contributed by atoms with Crippen molar-refractivity contribution in [1.82, 2.24) is 5.32 Å². The Bertz CT molecular complexity index is 757. The second-order valence-electron chi connectivity index (χ2n) is 12.6. The van der Waals surface area contributed by atoms with Gasteiger partial charge in [-0.3, -0.25) is 9.35 Å². The highest BCUT2D eigenvalue weighted by Gasteiger charge is 2.28. The first-order valence-corrected chi connectivity index (χ1v) is 19.6. The van der Waals surface area contributed by atoms with E-state index >= 15 is 0 Å². The third-order valence-corrected chi connectivity index (χ3v) is 9.11. The third kappa shape index (κ3) is 29.5. The Hall–Kier alpha value is -0.960. The van der Waals surface area contributed by atoms with Gasteiger partial charge < -0.3 is 15.5 Å². The van der Waals surface area contributed by atoms with Crippen LogP contribution < -0.4 is 5.32 Å². The molecule has 0 rings (SSSR count). The van der Waals surface area contributed by atoms with Crippen LogP contribution in [0.3, 0.4) is 0 Å². The highest BCUT2D eigenvalue weighted by atomic mass is 32.2. The predicted molar refractivity (Wildman–Crippen MR) is 181 cm³/mol. The second-order valence-corrected chi connectivity index (χ2v) is 14.1. The summed E-state index contributed by atoms with van der Waals surface area (Å²) in [6.45, 7) is 4.45. The summed E-state index contributed by atoms with van der Waals surface area (Å²) >= 11 is 0. The second kappa shape index (κ2) is 29.7. The number of amides is 1. The van der Waals surface area contributed by atoms with Crippen LogP contribution >= 0.6 is 0 Å². The topological polar surface area (TPSA) is 124 Å². The van der Waals surface area contributed by atoms with E-state index in [1.165, 1.54) is 89.9 Å². The molecule has 0 aliphatic heterocycles. The SMILES string of the molecule is CCCCCCCCCCC/C=C\CCCCCCC(O)C(=O)NC(CS(=O)(=O)O)C(O)CCCCCCCCCCC. The molecular weight excluding hydrogens is 562 g/mol. The Kier molecular flexibility index (Phi) is 29.1. The lowest BCUT2D eigenvalue weighted by atomic mass is 10.0. The van der Waals surface area contributed by atoms with Crippen LogP contribution in [0, 0.1) is 0 Å². The first-order valence-electron chi connectivity index (χ1n) is 18.0. The zero-order chi connectivity index (χ0) is 32.0. The largest absolute Gasteiger partial charge is 0.391 e. The number of unbranched alkanes of at least 4 members (excludes halogenated alkanes) is 21. The first kappa shape index (κ1) is 42.0. The molecule has 3 unspecified atom stereocenters. The maximum atomic E-state index is 12.5. The van der Waals surface area contributed by atoms with Gasteiger partial charge in [0.25, 0.3) is 10.1 Å². The van der Waals surface area contributed by atoms with Crippen molar-refractivity contribution in [2.45, 2.75) is 199 Å². The summed E-state index contributed by atoms with van der Waals surface area (Å²) in [5.74, 6) is -1.46. The van der Waals surface area contributed by atoms with Crippen molar-refractivity contribution in [3.05, 3.63) is 12.2 Å². The number of carbonyl (C=O) groups is 1. The van der Waals surface area contributed by atoms with E-state index in [0.717, 1.165) is 51.4 Å². The summed E-state index contributed by atoms with van der Waals surface area (Å²) < 4.78 is 32.3. The van der Waals surface area contributed by atoms with E-state index in [4.69, 9.17) is 0 Å². The Labute approximate surface area is 265 Å². The van der Waals surface area contributed by atoms with E-state index in [1.54, 1.807) is 0 Å². The highest BCUT2D eigenvalue weighted by Crippen LogP contribution is 2.15. The Balaban J connectivity index is 4.03. The van der Waals surface area contributed by atoms with Gasteiger partial charge in [0.2, 0.25) is 5.91 Å². The minimum absolute atomic E-state index is 0.285. The average Bonchev–Trinajstić information content (AvgIpc) is 2.96. The molecule has 0 aromatic rings. The quantitative estimate of drug-likeness (QED) is 0.0334. The van der Waals surface area contributed by atoms with E-state index in [1.807, 2.05) is 0 Å². The number of carbonyl (C=O) groups excluding carboxylic acids is 1. The molecular formula is C35H69NO6S. The van der Waals surface area contributed by atoms with Crippen LogP contribution in [0.5, 0.6) is 0 Å². The average molecular weight is 632 g/mol. The van der Waals surface area contributed by atoms with Crippen molar-refractivity contribution < 1.29 is 28.0 Å². The van der Waals surface area contributed by atoms with E-state index < -0.39 is 40.0 Å². The first-order chi connectivity index (χ1) is 20.7. The standard InChI is InChI=1S/C35H69NO6S/c1-3-5-7-9-11-13-14-15-16-17-18-19-20-22-24-26-28-30-34(38)35(39)36-32(31-43(40,41)42)33(37)29-27-25-23-21-12-10-8-6-4-2/h18-19,32-34,37-38H,3-17,20-31H2,1-2H3,(H,36,39)(H,40,41,42)/b19-18-. The number of nitrogens with one attached hydrogen (secondary N) is 1. The minimum Gasteiger partial charge on any atom is -0.391 e. The van der Waals surface area contributed by atoms with Crippen LogP contribution in [0.25, 0.3) is 0 Å². The van der Waals surface area contributed by atoms with Gasteiger partial charge in [0.15, 0.2) is 0 Å². The van der Waals surface area contributed by atoms with Crippen LogP contribution in [0.1, 0.15) is 181 Å². The van der Waals surface area contributed by atoms with Gasteiger partial charge in [0, 0.05) is 0 Å². The third-order valence-electron chi connectivity index (χ3n) is 8.33. The Morgan fingerprint density at radius 1 is 0.605 bits per heavy atom. The van der Waals surface area contributed by atoms with E-state index in [9.17, 15) is 28.0 Å². The monoisotopic (exact) mass is 631 g/mol. The van der Waals surface area contributed by atoms with Crippen LogP contribution in [0.2, 0.25) is 0 Å². The molecule has 4 N–H and O–H groups in total. The van der Waals surface area contributed by atoms with Gasteiger partial charge in [0.05, 0.1) is 17.9 Å². The summed E-state index contributed by atoms with van der Waals surface area (Å²) in [6, 6.07) is -1.14. The van der Waals surface area contributed by atoms with Crippen molar-refractivity contribution in [1.29, 1.82) is 0 Å². The fourth-order valence-corrected chi connectivity index (χ4v) is 6.27. The van der Waals surface area contributed by atoms with E-state index in [0.29, 0.717) is 19.3 Å². The number of rotatable bonds is 32. The summed E-state index contributed by atoms with van der Waals surface area (Å²) in [5.41, 5.74) is 0. The van der Waals surface area contributed by atoms with Crippen LogP contribution in [-0.2, 0) is 14.9 Å². The molecule has 7 nitrogen and oxygen atoms in total. The lowest BCUT2D eigenvalue weighted by Crippen LogP contribution is -2.50. The fraction of sp³-hybridized carbons (Fsp3) is 0.914. The molecule has 0 saturated heterocycles. The van der Waals surface area contributed by atoms with Crippen LogP contribution in [0.15, 0.2) is 12.2 Å². The van der Waals surface area contributed by atoms with Gasteiger partial charge >= 0.3 is 0 Å². The van der Waals surface area contributed by atoms with Crippen molar-refractivity contribution in [2.75, 3.05) is 5.75 Å². The maximum Gasteiger partial charge on any atom is 0.266 e. The minimum atomic E-state index is -4.40. The van der Waals surface area contributed by atoms with Gasteiger partial charge in [-0.2, -0.15) is 8.42 Å². The maximum absolute atomic E-state index is 12.5. The summed E-state index contributed by atoms with van der Waals surface area (Å²) in [4.78, 5) is 12.5. The number of aliphatic hydroxyl groups excluding tert-OH is 2. The Morgan fingerprint density at radius 3 is 1.40 bits per heavy atom. The molecule has 0 aliphatic carbocycles. The molecule has 43 heavy (non-hydrogen) atoms. The normalized spacial score (nSPS) is 14.3. The Morgan fingerprint density at radius 2 is 0.977 bits per heavy atom. The number of allylic oxidation sites excluding steroid dienone is 2. The zero-order valence-corrected chi connectivity index (χ0v) is 28.8. The summed E-state index contributed by atoms with van der Waals surface area (Å²) in [6.07, 6.45) is 31.0. The van der Waals surface area contributed by atoms with E-state index in [2.05, 4.69) is 31.3 Å². The van der Waals surface area contributed by atoms with Crippen molar-refractivity contribution in [3.63, 3.8) is 0 Å². The van der Waals surface area contributed by atoms with Crippen molar-refractivity contribution >= 4 is 16.0 Å². The lowest BCUT2D eigenvalue weighted by Gasteiger charge is -2.24. The molecule has 256 valence electrons. The molecule has 0 aromatic carbocycles. The number of hydrogen-bond acceptors (Lipinski definition) is 5. The number of aliphatic hydroxyl groups is 2. The summed E-state index contributed by atoms with van der Waals surface area (Å²) in [5, 5.41) is 23.3. The molecule has 0 aliphatic rings. The highest BCUT2D eigenvalue weighted by molar-refractivity contribution is 7.85. The van der Waals surface area contributed by atoms with E-state index in [-0.39, 0.29) is 6.42 Å². The predicted octanol–water partition coefficient (Wildman–Crippen LogP) is 8.82. The van der Waals surface area contributed by atoms with Crippen molar-refractivity contribution in [3.8, 4) is 0 Å². The fourth-order valence-electron chi connectivity index (χ4n) is 5.51. The molecule has 0 spiro atoms. The summed E-state index contributed by atoms with van der Waals surface area (Å²) in [7, 11) is -4.40. The molecule has 0 fully saturated rings. The molecule has 3 atom stereocenters. The van der Waals surface area contributed by atoms with Gasteiger partial charge in [-0.25, -0.2) is 0 Å². The molecule has 1 amide bonds. The van der Waals surface area contributed by atoms with Gasteiger partial charge in [-0.15, -0.1) is 0 Å². The van der Waals surface area contributed by atoms with Gasteiger partial charge in [-0.05, 0) is 38.5 Å². The molecule has 0 heterocycles. The molecule has 0 bridgehead atoms. The molecule has 0 saturated carbocycles. The van der Waals surface area contributed by atoms with Crippen LogP contribution in [-0.4, -0.2) is 53.1 Å². The smallest absolute Gasteiger partial charge is 0.266 e. The molecule has 0 aromatic heterocycles. The number of hydrogen-bond donors (Lipinski definition) is 4. The lowest BCUT2D eigenvalue weighted by molar-refractivity contribution is -0.131. The molecule has 0 radical (unpaired) electrons. The van der Waals surface area contributed by atoms with Crippen molar-refractivity contribution in [2.24, 2.45) is 0 Å². The molecule has 8 heteroatoms. The van der Waals surface area contributed by atoms with Crippen LogP contribution in [0.4, 0.5) is 0 Å². The van der Waals surface area contributed by atoms with Gasteiger partial charge in [-0.1, -0.05) is 154 Å².